The molecule has 1 aliphatic rings. The van der Waals surface area contributed by atoms with Crippen molar-refractivity contribution in [1.82, 2.24) is 9.55 Å². The molecule has 0 spiro atoms. The fourth-order valence-electron chi connectivity index (χ4n) is 8.47. The van der Waals surface area contributed by atoms with Crippen LogP contribution in [0.2, 0.25) is 0 Å². The zero-order valence-electron chi connectivity index (χ0n) is 39.3. The molecule has 9 rings (SSSR count). The molecule has 8 aromatic rings. The van der Waals surface area contributed by atoms with E-state index in [1.807, 2.05) is 24.4 Å². The molecule has 330 valence electrons. The third kappa shape index (κ3) is 8.64. The third-order valence-corrected chi connectivity index (χ3v) is 12.4. The van der Waals surface area contributed by atoms with E-state index in [-0.39, 0.29) is 42.7 Å². The van der Waals surface area contributed by atoms with Crippen LogP contribution in [0.25, 0.3) is 38.8 Å². The quantitative estimate of drug-likeness (QED) is 0.155. The smallest absolute Gasteiger partial charge is 0.135 e. The summed E-state index contributed by atoms with van der Waals surface area (Å²) in [5.74, 6) is 2.07. The van der Waals surface area contributed by atoms with Crippen molar-refractivity contribution >= 4 is 44.6 Å². The summed E-state index contributed by atoms with van der Waals surface area (Å²) in [7, 11) is 0. The Morgan fingerprint density at radius 3 is 1.80 bits per heavy atom. The number of para-hydroxylation sites is 2. The summed E-state index contributed by atoms with van der Waals surface area (Å²) in [4.78, 5) is 9.42. The van der Waals surface area contributed by atoms with Gasteiger partial charge in [-0.3, -0.25) is 0 Å². The van der Waals surface area contributed by atoms with Crippen LogP contribution in [0.1, 0.15) is 105 Å². The molecule has 0 bridgehead atoms. The predicted molar refractivity (Wildman–Crippen MR) is 264 cm³/mol. The van der Waals surface area contributed by atoms with Gasteiger partial charge in [-0.1, -0.05) is 143 Å². The zero-order valence-corrected chi connectivity index (χ0v) is 41.6. The largest absolute Gasteiger partial charge is 0.509 e. The zero-order chi connectivity index (χ0) is 44.6. The molecule has 0 aliphatic carbocycles. The molecule has 1 aliphatic heterocycles. The summed E-state index contributed by atoms with van der Waals surface area (Å²) in [5, 5.41) is 2.27. The maximum atomic E-state index is 6.68. The second kappa shape index (κ2) is 16.4. The fourth-order valence-corrected chi connectivity index (χ4v) is 8.47. The van der Waals surface area contributed by atoms with Gasteiger partial charge in [-0.05, 0) is 103 Å². The van der Waals surface area contributed by atoms with E-state index >= 15 is 0 Å². The minimum Gasteiger partial charge on any atom is -0.509 e. The summed E-state index contributed by atoms with van der Waals surface area (Å²) >= 11 is 0. The second-order valence-corrected chi connectivity index (χ2v) is 21.2. The number of rotatable bonds is 6. The van der Waals surface area contributed by atoms with Crippen molar-refractivity contribution in [2.45, 2.75) is 105 Å². The van der Waals surface area contributed by atoms with Crippen molar-refractivity contribution in [3.63, 3.8) is 0 Å². The third-order valence-electron chi connectivity index (χ3n) is 12.4. The fraction of sp³-hybridized carbons (Fsp3) is 0.276. The van der Waals surface area contributed by atoms with Gasteiger partial charge in [0.1, 0.15) is 5.82 Å². The van der Waals surface area contributed by atoms with Crippen molar-refractivity contribution in [1.29, 1.82) is 0 Å². The molecule has 0 radical (unpaired) electrons. The van der Waals surface area contributed by atoms with Crippen molar-refractivity contribution in [2.75, 3.05) is 9.80 Å². The van der Waals surface area contributed by atoms with E-state index in [0.29, 0.717) is 11.5 Å². The van der Waals surface area contributed by atoms with E-state index in [1.165, 1.54) is 38.8 Å². The Kier molecular flexibility index (Phi) is 11.5. The predicted octanol–water partition coefficient (Wildman–Crippen LogP) is 15.8. The number of hydrogen-bond acceptors (Lipinski definition) is 4. The number of fused-ring (bicyclic) bond motifs is 4. The van der Waals surface area contributed by atoms with Gasteiger partial charge in [-0.15, -0.1) is 48.1 Å². The van der Waals surface area contributed by atoms with Crippen molar-refractivity contribution in [3.05, 3.63) is 175 Å². The summed E-state index contributed by atoms with van der Waals surface area (Å²) in [6.07, 6.45) is 1.92. The molecule has 2 aromatic heterocycles. The van der Waals surface area contributed by atoms with E-state index in [4.69, 9.17) is 9.72 Å². The van der Waals surface area contributed by atoms with Gasteiger partial charge >= 0.3 is 0 Å². The summed E-state index contributed by atoms with van der Waals surface area (Å²) in [6, 6.07) is 53.3. The molecule has 5 nitrogen and oxygen atoms in total. The standard InChI is InChI=1S/C58H59N4O.Pt/c1-55(2,3)40-22-20-38(21-23-40)39-30-43(58(10,11)12)32-45(31-39)61-37-60(51-18-13-14-19-52(51)61)44-16-15-17-46(35-44)63-47-25-26-48-49-33-41(56(4,5)6)24-27-50(49)62(53(48)36-47)54-34-42(28-29-59-54)57(7,8)9;/h13-34,37H,1-12H3;/q-3;. The summed E-state index contributed by atoms with van der Waals surface area (Å²) in [5.41, 5.74) is 13.7. The van der Waals surface area contributed by atoms with Gasteiger partial charge in [0.2, 0.25) is 0 Å². The van der Waals surface area contributed by atoms with Crippen LogP contribution in [0.5, 0.6) is 11.5 Å². The Hall–Kier alpha value is -5.64. The van der Waals surface area contributed by atoms with Crippen molar-refractivity contribution in [3.8, 4) is 28.4 Å². The maximum Gasteiger partial charge on any atom is 0.135 e. The van der Waals surface area contributed by atoms with Crippen LogP contribution in [-0.2, 0) is 42.7 Å². The van der Waals surface area contributed by atoms with Gasteiger partial charge in [0.15, 0.2) is 0 Å². The van der Waals surface area contributed by atoms with Crippen LogP contribution >= 0.6 is 0 Å². The van der Waals surface area contributed by atoms with E-state index in [9.17, 15) is 0 Å². The van der Waals surface area contributed by atoms with Crippen LogP contribution in [0.15, 0.2) is 134 Å². The van der Waals surface area contributed by atoms with Crippen molar-refractivity contribution < 1.29 is 25.8 Å². The number of hydrogen-bond donors (Lipinski definition) is 0. The molecule has 6 heteroatoms. The molecule has 0 fully saturated rings. The number of pyridine rings is 1. The maximum absolute atomic E-state index is 6.68. The van der Waals surface area contributed by atoms with Gasteiger partial charge < -0.3 is 19.1 Å². The average Bonchev–Trinajstić information content (AvgIpc) is 3.78. The first-order chi connectivity index (χ1) is 29.7. The SMILES string of the molecule is CC(C)(C)c1ccc(-c2cc(N3[CH-]N(c4[c-]c(Oc5[c-]c6c(cc5)c5cc(C(C)(C)C)ccc5n6-c5cc(C(C)(C)C)ccn5)ccc4)c4ccccc43)cc(C(C)(C)C)c2)cc1.[Pt]. The number of nitrogens with zero attached hydrogens (tertiary/aromatic N) is 4. The first-order valence-electron chi connectivity index (χ1n) is 22.2. The minimum atomic E-state index is -0.0504. The Bertz CT molecular complexity index is 3010. The molecule has 0 N–H and O–H groups in total. The molecule has 0 saturated carbocycles. The van der Waals surface area contributed by atoms with Crippen LogP contribution in [0, 0.1) is 18.8 Å². The van der Waals surface area contributed by atoms with Crippen LogP contribution < -0.4 is 14.5 Å². The van der Waals surface area contributed by atoms with Gasteiger partial charge in [-0.2, -0.15) is 12.1 Å². The number of anilines is 4. The number of benzene rings is 6. The van der Waals surface area contributed by atoms with E-state index in [2.05, 4.69) is 225 Å². The summed E-state index contributed by atoms with van der Waals surface area (Å²) < 4.78 is 8.90. The molecule has 0 saturated heterocycles. The molecule has 0 amide bonds. The minimum absolute atomic E-state index is 0. The van der Waals surface area contributed by atoms with E-state index < -0.39 is 0 Å². The molecule has 0 atom stereocenters. The Morgan fingerprint density at radius 2 is 1.12 bits per heavy atom. The molecule has 64 heavy (non-hydrogen) atoms. The Morgan fingerprint density at radius 1 is 0.500 bits per heavy atom. The first kappa shape index (κ1) is 44.9. The van der Waals surface area contributed by atoms with Crippen LogP contribution in [0.3, 0.4) is 0 Å². The normalized spacial score (nSPS) is 13.4. The summed E-state index contributed by atoms with van der Waals surface area (Å²) in [6.45, 7) is 29.3. The van der Waals surface area contributed by atoms with Crippen LogP contribution in [-0.4, -0.2) is 9.55 Å². The van der Waals surface area contributed by atoms with Crippen LogP contribution in [0.4, 0.5) is 22.7 Å². The number of aromatic nitrogens is 2. The van der Waals surface area contributed by atoms with Gasteiger partial charge in [0, 0.05) is 61.3 Å². The topological polar surface area (TPSA) is 33.5 Å². The second-order valence-electron chi connectivity index (χ2n) is 21.2. The van der Waals surface area contributed by atoms with Gasteiger partial charge in [0.25, 0.3) is 0 Å². The van der Waals surface area contributed by atoms with E-state index in [1.54, 1.807) is 0 Å². The number of ether oxygens (including phenoxy) is 1. The van der Waals surface area contributed by atoms with Gasteiger partial charge in [-0.25, -0.2) is 4.98 Å². The molecule has 3 heterocycles. The van der Waals surface area contributed by atoms with Crippen molar-refractivity contribution in [2.24, 2.45) is 0 Å². The molecular weight excluding hydrogens is 964 g/mol. The van der Waals surface area contributed by atoms with E-state index in [0.717, 1.165) is 45.0 Å². The average molecular weight is 1020 g/mol. The molecular formula is C58H59N4OPt-3. The monoisotopic (exact) mass is 1020 g/mol. The molecule has 0 unspecified atom stereocenters. The molecule has 6 aromatic carbocycles. The van der Waals surface area contributed by atoms with Gasteiger partial charge in [0.05, 0.1) is 0 Å². The first-order valence-corrected chi connectivity index (χ1v) is 22.2. The Labute approximate surface area is 395 Å². The Balaban J connectivity index is 0.00000560.